The minimum Gasteiger partial charge on any atom is -0.380 e. The van der Waals surface area contributed by atoms with E-state index in [1.54, 1.807) is 10.6 Å². The van der Waals surface area contributed by atoms with Gasteiger partial charge in [0.1, 0.15) is 5.82 Å². The molecule has 0 unspecified atom stereocenters. The topological polar surface area (TPSA) is 56.1 Å². The SMILES string of the molecule is CCCCOCCNCCn1c(C)nc(C)cc1=O. The maximum atomic E-state index is 11.8. The first-order chi connectivity index (χ1) is 9.15. The third-order valence-electron chi connectivity index (χ3n) is 2.90. The van der Waals surface area contributed by atoms with Crippen LogP contribution in [0.25, 0.3) is 0 Å². The summed E-state index contributed by atoms with van der Waals surface area (Å²) in [6, 6.07) is 1.57. The van der Waals surface area contributed by atoms with Crippen LogP contribution in [0.4, 0.5) is 0 Å². The van der Waals surface area contributed by atoms with E-state index in [9.17, 15) is 4.79 Å². The number of unbranched alkanes of at least 4 members (excludes halogenated alkanes) is 1. The van der Waals surface area contributed by atoms with Gasteiger partial charge in [0, 0.05) is 38.0 Å². The third kappa shape index (κ3) is 5.98. The number of hydrogen-bond acceptors (Lipinski definition) is 4. The van der Waals surface area contributed by atoms with Crippen molar-refractivity contribution in [2.75, 3.05) is 26.3 Å². The lowest BCUT2D eigenvalue weighted by molar-refractivity contribution is 0.133. The van der Waals surface area contributed by atoms with Crippen molar-refractivity contribution in [3.05, 3.63) is 27.9 Å². The van der Waals surface area contributed by atoms with Crippen molar-refractivity contribution in [3.8, 4) is 0 Å². The fraction of sp³-hybridized carbons (Fsp3) is 0.714. The van der Waals surface area contributed by atoms with E-state index in [0.29, 0.717) is 6.54 Å². The van der Waals surface area contributed by atoms with Crippen molar-refractivity contribution in [1.82, 2.24) is 14.9 Å². The summed E-state index contributed by atoms with van der Waals surface area (Å²) < 4.78 is 7.14. The molecule has 0 saturated heterocycles. The van der Waals surface area contributed by atoms with Crippen LogP contribution in [-0.2, 0) is 11.3 Å². The number of nitrogens with one attached hydrogen (secondary N) is 1. The maximum absolute atomic E-state index is 11.8. The molecular weight excluding hydrogens is 242 g/mol. The van der Waals surface area contributed by atoms with Gasteiger partial charge in [0.2, 0.25) is 0 Å². The molecule has 1 rings (SSSR count). The highest BCUT2D eigenvalue weighted by atomic mass is 16.5. The zero-order chi connectivity index (χ0) is 14.1. The number of hydrogen-bond donors (Lipinski definition) is 1. The average Bonchev–Trinajstić information content (AvgIpc) is 2.35. The molecule has 0 bridgehead atoms. The zero-order valence-electron chi connectivity index (χ0n) is 12.2. The van der Waals surface area contributed by atoms with Gasteiger partial charge < -0.3 is 10.1 Å². The van der Waals surface area contributed by atoms with Crippen LogP contribution in [0.15, 0.2) is 10.9 Å². The predicted octanol–water partition coefficient (Wildman–Crippen LogP) is 1.27. The first kappa shape index (κ1) is 15.9. The zero-order valence-corrected chi connectivity index (χ0v) is 12.2. The molecule has 1 heterocycles. The molecule has 5 heteroatoms. The van der Waals surface area contributed by atoms with Gasteiger partial charge >= 0.3 is 0 Å². The Hall–Kier alpha value is -1.20. The lowest BCUT2D eigenvalue weighted by Gasteiger charge is -2.10. The van der Waals surface area contributed by atoms with Gasteiger partial charge in [-0.2, -0.15) is 0 Å². The van der Waals surface area contributed by atoms with Crippen molar-refractivity contribution in [1.29, 1.82) is 0 Å². The van der Waals surface area contributed by atoms with Crippen LogP contribution in [0.2, 0.25) is 0 Å². The largest absolute Gasteiger partial charge is 0.380 e. The van der Waals surface area contributed by atoms with Crippen molar-refractivity contribution in [3.63, 3.8) is 0 Å². The minimum absolute atomic E-state index is 0.0194. The van der Waals surface area contributed by atoms with E-state index in [4.69, 9.17) is 4.74 Å². The number of ether oxygens (including phenoxy) is 1. The van der Waals surface area contributed by atoms with Gasteiger partial charge in [-0.3, -0.25) is 9.36 Å². The quantitative estimate of drug-likeness (QED) is 0.685. The Bertz CT molecular complexity index is 429. The van der Waals surface area contributed by atoms with Crippen LogP contribution in [0, 0.1) is 13.8 Å². The fourth-order valence-corrected chi connectivity index (χ4v) is 1.84. The molecule has 0 spiro atoms. The second-order valence-corrected chi connectivity index (χ2v) is 4.65. The van der Waals surface area contributed by atoms with E-state index in [1.165, 1.54) is 0 Å². The minimum atomic E-state index is 0.0194. The highest BCUT2D eigenvalue weighted by Gasteiger charge is 2.01. The van der Waals surface area contributed by atoms with Crippen molar-refractivity contribution < 1.29 is 4.74 Å². The molecule has 1 N–H and O–H groups in total. The molecule has 0 saturated carbocycles. The van der Waals surface area contributed by atoms with E-state index in [0.717, 1.165) is 50.7 Å². The van der Waals surface area contributed by atoms with Crippen LogP contribution in [0.1, 0.15) is 31.3 Å². The molecular formula is C14H25N3O2. The highest BCUT2D eigenvalue weighted by molar-refractivity contribution is 5.01. The summed E-state index contributed by atoms with van der Waals surface area (Å²) >= 11 is 0. The van der Waals surface area contributed by atoms with Gasteiger partial charge in [0.25, 0.3) is 5.56 Å². The summed E-state index contributed by atoms with van der Waals surface area (Å²) in [5, 5.41) is 3.27. The highest BCUT2D eigenvalue weighted by Crippen LogP contribution is 1.92. The van der Waals surface area contributed by atoms with E-state index in [-0.39, 0.29) is 5.56 Å². The number of aromatic nitrogens is 2. The summed E-state index contributed by atoms with van der Waals surface area (Å²) in [5.41, 5.74) is 0.794. The third-order valence-corrected chi connectivity index (χ3v) is 2.90. The van der Waals surface area contributed by atoms with Crippen LogP contribution in [-0.4, -0.2) is 35.9 Å². The van der Waals surface area contributed by atoms with Crippen molar-refractivity contribution in [2.24, 2.45) is 0 Å². The van der Waals surface area contributed by atoms with Gasteiger partial charge in [-0.1, -0.05) is 13.3 Å². The summed E-state index contributed by atoms with van der Waals surface area (Å²) in [6.45, 7) is 9.62. The lowest BCUT2D eigenvalue weighted by atomic mass is 10.4. The van der Waals surface area contributed by atoms with E-state index < -0.39 is 0 Å². The molecule has 0 atom stereocenters. The van der Waals surface area contributed by atoms with Crippen molar-refractivity contribution >= 4 is 0 Å². The van der Waals surface area contributed by atoms with Gasteiger partial charge in [-0.05, 0) is 20.3 Å². The first-order valence-electron chi connectivity index (χ1n) is 6.98. The van der Waals surface area contributed by atoms with Crippen LogP contribution < -0.4 is 10.9 Å². The molecule has 0 aliphatic heterocycles. The van der Waals surface area contributed by atoms with Gasteiger partial charge in [-0.15, -0.1) is 0 Å². The maximum Gasteiger partial charge on any atom is 0.253 e. The average molecular weight is 267 g/mol. The number of rotatable bonds is 9. The second-order valence-electron chi connectivity index (χ2n) is 4.65. The molecule has 1 aromatic rings. The summed E-state index contributed by atoms with van der Waals surface area (Å²) in [6.07, 6.45) is 2.28. The second kappa shape index (κ2) is 8.82. The molecule has 0 aliphatic carbocycles. The Morgan fingerprint density at radius 3 is 2.79 bits per heavy atom. The van der Waals surface area contributed by atoms with Gasteiger partial charge in [0.15, 0.2) is 0 Å². The molecule has 0 amide bonds. The Morgan fingerprint density at radius 2 is 2.11 bits per heavy atom. The molecule has 0 fully saturated rings. The molecule has 0 radical (unpaired) electrons. The van der Waals surface area contributed by atoms with Crippen LogP contribution in [0.3, 0.4) is 0 Å². The van der Waals surface area contributed by atoms with Gasteiger partial charge in [0.05, 0.1) is 6.61 Å². The molecule has 5 nitrogen and oxygen atoms in total. The van der Waals surface area contributed by atoms with Gasteiger partial charge in [-0.25, -0.2) is 4.98 Å². The number of aryl methyl sites for hydroxylation is 2. The van der Waals surface area contributed by atoms with E-state index >= 15 is 0 Å². The van der Waals surface area contributed by atoms with E-state index in [2.05, 4.69) is 17.2 Å². The first-order valence-corrected chi connectivity index (χ1v) is 6.98. The molecule has 0 aromatic carbocycles. The Labute approximate surface area is 115 Å². The normalized spacial score (nSPS) is 10.9. The Kier molecular flexibility index (Phi) is 7.36. The summed E-state index contributed by atoms with van der Waals surface area (Å²) in [4.78, 5) is 16.1. The monoisotopic (exact) mass is 267 g/mol. The van der Waals surface area contributed by atoms with E-state index in [1.807, 2.05) is 13.8 Å². The molecule has 0 aliphatic rings. The van der Waals surface area contributed by atoms with Crippen molar-refractivity contribution in [2.45, 2.75) is 40.2 Å². The Morgan fingerprint density at radius 1 is 1.32 bits per heavy atom. The summed E-state index contributed by atoms with van der Waals surface area (Å²) in [5.74, 6) is 0.769. The number of nitrogens with zero attached hydrogens (tertiary/aromatic N) is 2. The lowest BCUT2D eigenvalue weighted by Crippen LogP contribution is -2.30. The smallest absolute Gasteiger partial charge is 0.253 e. The Balaban J connectivity index is 2.21. The van der Waals surface area contributed by atoms with Crippen LogP contribution in [0.5, 0.6) is 0 Å². The van der Waals surface area contributed by atoms with Crippen LogP contribution >= 0.6 is 0 Å². The molecule has 108 valence electrons. The molecule has 1 aromatic heterocycles. The standard InChI is InChI=1S/C14H25N3O2/c1-4-5-9-19-10-7-15-6-8-17-13(3)16-12(2)11-14(17)18/h11,15H,4-10H2,1-3H3. The molecule has 19 heavy (non-hydrogen) atoms. The fourth-order valence-electron chi connectivity index (χ4n) is 1.84. The summed E-state index contributed by atoms with van der Waals surface area (Å²) in [7, 11) is 0. The predicted molar refractivity (Wildman–Crippen MR) is 76.6 cm³/mol.